The van der Waals surface area contributed by atoms with Gasteiger partial charge in [0.15, 0.2) is 5.76 Å². The molecule has 0 saturated heterocycles. The quantitative estimate of drug-likeness (QED) is 0.710. The van der Waals surface area contributed by atoms with E-state index in [1.807, 2.05) is 18.2 Å². The molecule has 0 fully saturated rings. The van der Waals surface area contributed by atoms with Crippen LogP contribution in [-0.4, -0.2) is 10.9 Å². The van der Waals surface area contributed by atoms with Gasteiger partial charge < -0.3 is 5.11 Å². The van der Waals surface area contributed by atoms with Gasteiger partial charge in [0.25, 0.3) is 0 Å². The molecule has 0 atom stereocenters. The molecule has 0 saturated carbocycles. The first-order chi connectivity index (χ1) is 9.74. The number of hydrogen-bond acceptors (Lipinski definition) is 2. The van der Waals surface area contributed by atoms with Crippen LogP contribution in [0.2, 0.25) is 0 Å². The zero-order valence-corrected chi connectivity index (χ0v) is 12.3. The van der Waals surface area contributed by atoms with Crippen molar-refractivity contribution in [3.63, 3.8) is 0 Å². The number of unbranched alkanes of at least 4 members (excludes halogenated alkanes) is 5. The van der Waals surface area contributed by atoms with E-state index in [0.29, 0.717) is 5.56 Å². The molecule has 2 heteroatoms. The van der Waals surface area contributed by atoms with Crippen molar-refractivity contribution >= 4 is 5.78 Å². The molecule has 0 spiro atoms. The summed E-state index contributed by atoms with van der Waals surface area (Å²) in [7, 11) is 0. The molecular weight excluding hydrogens is 248 g/mol. The van der Waals surface area contributed by atoms with Gasteiger partial charge in [-0.15, -0.1) is 0 Å². The van der Waals surface area contributed by atoms with E-state index in [1.165, 1.54) is 32.1 Å². The van der Waals surface area contributed by atoms with Crippen LogP contribution in [0.4, 0.5) is 0 Å². The van der Waals surface area contributed by atoms with Crippen LogP contribution in [0.15, 0.2) is 35.6 Å². The number of fused-ring (bicyclic) bond motifs is 1. The van der Waals surface area contributed by atoms with Gasteiger partial charge in [0.05, 0.1) is 0 Å². The summed E-state index contributed by atoms with van der Waals surface area (Å²) in [6.07, 6.45) is 8.94. The first kappa shape index (κ1) is 14.8. The van der Waals surface area contributed by atoms with Gasteiger partial charge in [-0.25, -0.2) is 0 Å². The standard InChI is InChI=1S/C18H24O2/c1-2-3-4-5-6-7-11-15-13-14-10-8-9-12-16(14)18(20)17(15)19/h8-10,12,19H,2-7,11,13H2,1H3. The number of Topliss-reactive ketones (excluding diaryl/α,β-unsaturated/α-hetero) is 1. The summed E-state index contributed by atoms with van der Waals surface area (Å²) in [5.74, 6) is -0.204. The van der Waals surface area contributed by atoms with Crippen molar-refractivity contribution in [1.82, 2.24) is 0 Å². The van der Waals surface area contributed by atoms with Crippen LogP contribution in [0.3, 0.4) is 0 Å². The molecule has 1 aliphatic carbocycles. The number of carbonyl (C=O) groups excluding carboxylic acids is 1. The van der Waals surface area contributed by atoms with Gasteiger partial charge in [-0.1, -0.05) is 63.3 Å². The van der Waals surface area contributed by atoms with Crippen molar-refractivity contribution < 1.29 is 9.90 Å². The fourth-order valence-electron chi connectivity index (χ4n) is 2.82. The SMILES string of the molecule is CCCCCCCCC1=C(O)C(=O)c2ccccc2C1. The van der Waals surface area contributed by atoms with Gasteiger partial charge in [-0.3, -0.25) is 4.79 Å². The average molecular weight is 272 g/mol. The Labute approximate surface area is 121 Å². The molecule has 1 aromatic rings. The lowest BCUT2D eigenvalue weighted by Crippen LogP contribution is -2.16. The second kappa shape index (κ2) is 7.28. The molecule has 0 radical (unpaired) electrons. The van der Waals surface area contributed by atoms with E-state index >= 15 is 0 Å². The van der Waals surface area contributed by atoms with Gasteiger partial charge >= 0.3 is 0 Å². The van der Waals surface area contributed by atoms with Gasteiger partial charge in [-0.05, 0) is 30.4 Å². The van der Waals surface area contributed by atoms with Crippen molar-refractivity contribution in [2.45, 2.75) is 58.3 Å². The van der Waals surface area contributed by atoms with Crippen molar-refractivity contribution in [2.75, 3.05) is 0 Å². The molecule has 0 aliphatic heterocycles. The summed E-state index contributed by atoms with van der Waals surface area (Å²) in [5.41, 5.74) is 2.64. The van der Waals surface area contributed by atoms with Crippen LogP contribution in [0, 0.1) is 0 Å². The number of rotatable bonds is 7. The third-order valence-electron chi connectivity index (χ3n) is 4.05. The van der Waals surface area contributed by atoms with E-state index < -0.39 is 0 Å². The normalized spacial score (nSPS) is 14.6. The highest BCUT2D eigenvalue weighted by atomic mass is 16.3. The number of carbonyl (C=O) groups is 1. The minimum atomic E-state index is -0.201. The van der Waals surface area contributed by atoms with Gasteiger partial charge in [0.1, 0.15) is 0 Å². The molecular formula is C18H24O2. The van der Waals surface area contributed by atoms with Crippen LogP contribution >= 0.6 is 0 Å². The Kier molecular flexibility index (Phi) is 5.40. The van der Waals surface area contributed by atoms with Crippen molar-refractivity contribution in [3.05, 3.63) is 46.7 Å². The van der Waals surface area contributed by atoms with Crippen LogP contribution in [0.5, 0.6) is 0 Å². The Balaban J connectivity index is 1.89. The maximum Gasteiger partial charge on any atom is 0.227 e. The summed E-state index contributed by atoms with van der Waals surface area (Å²) >= 11 is 0. The zero-order chi connectivity index (χ0) is 14.4. The molecule has 20 heavy (non-hydrogen) atoms. The zero-order valence-electron chi connectivity index (χ0n) is 12.3. The van der Waals surface area contributed by atoms with Crippen LogP contribution < -0.4 is 0 Å². The number of aliphatic hydroxyl groups is 1. The first-order valence-corrected chi connectivity index (χ1v) is 7.77. The highest BCUT2D eigenvalue weighted by molar-refractivity contribution is 6.09. The third kappa shape index (κ3) is 3.50. The molecule has 0 bridgehead atoms. The second-order valence-electron chi connectivity index (χ2n) is 5.63. The number of benzene rings is 1. The molecule has 2 nitrogen and oxygen atoms in total. The second-order valence-corrected chi connectivity index (χ2v) is 5.63. The summed E-state index contributed by atoms with van der Waals surface area (Å²) in [6.45, 7) is 2.22. The van der Waals surface area contributed by atoms with Gasteiger partial charge in [0.2, 0.25) is 5.78 Å². The molecule has 0 heterocycles. The smallest absolute Gasteiger partial charge is 0.227 e. The maximum atomic E-state index is 12.1. The maximum absolute atomic E-state index is 12.1. The molecule has 0 aromatic heterocycles. The van der Waals surface area contributed by atoms with E-state index in [2.05, 4.69) is 6.92 Å². The molecule has 108 valence electrons. The van der Waals surface area contributed by atoms with Crippen molar-refractivity contribution in [1.29, 1.82) is 0 Å². The monoisotopic (exact) mass is 272 g/mol. The predicted octanol–water partition coefficient (Wildman–Crippen LogP) is 4.99. The number of ketones is 1. The Bertz CT molecular complexity index is 500. The van der Waals surface area contributed by atoms with Crippen LogP contribution in [-0.2, 0) is 6.42 Å². The van der Waals surface area contributed by atoms with Crippen LogP contribution in [0.1, 0.15) is 67.8 Å². The topological polar surface area (TPSA) is 37.3 Å². The first-order valence-electron chi connectivity index (χ1n) is 7.77. The van der Waals surface area contributed by atoms with Crippen LogP contribution in [0.25, 0.3) is 0 Å². The van der Waals surface area contributed by atoms with E-state index in [4.69, 9.17) is 0 Å². The lowest BCUT2D eigenvalue weighted by molar-refractivity contribution is 0.0969. The lowest BCUT2D eigenvalue weighted by atomic mass is 9.87. The number of allylic oxidation sites excluding steroid dienone is 2. The number of aliphatic hydroxyl groups excluding tert-OH is 1. The Hall–Kier alpha value is -1.57. The van der Waals surface area contributed by atoms with Gasteiger partial charge in [-0.2, -0.15) is 0 Å². The summed E-state index contributed by atoms with van der Waals surface area (Å²) in [6, 6.07) is 7.59. The molecule has 0 unspecified atom stereocenters. The van der Waals surface area contributed by atoms with E-state index in [9.17, 15) is 9.90 Å². The summed E-state index contributed by atoms with van der Waals surface area (Å²) in [5, 5.41) is 10.1. The fraction of sp³-hybridized carbons (Fsp3) is 0.500. The Morgan fingerprint density at radius 3 is 2.55 bits per heavy atom. The van der Waals surface area contributed by atoms with E-state index in [-0.39, 0.29) is 11.5 Å². The number of hydrogen-bond donors (Lipinski definition) is 1. The third-order valence-corrected chi connectivity index (χ3v) is 4.05. The van der Waals surface area contributed by atoms with E-state index in [0.717, 1.165) is 30.4 Å². The minimum Gasteiger partial charge on any atom is -0.504 e. The molecule has 1 aromatic carbocycles. The van der Waals surface area contributed by atoms with E-state index in [1.54, 1.807) is 6.07 Å². The molecule has 1 N–H and O–H groups in total. The van der Waals surface area contributed by atoms with Crippen molar-refractivity contribution in [3.8, 4) is 0 Å². The summed E-state index contributed by atoms with van der Waals surface area (Å²) < 4.78 is 0. The highest BCUT2D eigenvalue weighted by Gasteiger charge is 2.24. The average Bonchev–Trinajstić information content (AvgIpc) is 2.47. The largest absolute Gasteiger partial charge is 0.504 e. The summed E-state index contributed by atoms with van der Waals surface area (Å²) in [4.78, 5) is 12.1. The Morgan fingerprint density at radius 1 is 1.05 bits per heavy atom. The molecule has 2 rings (SSSR count). The van der Waals surface area contributed by atoms with Crippen molar-refractivity contribution in [2.24, 2.45) is 0 Å². The lowest BCUT2D eigenvalue weighted by Gasteiger charge is -2.18. The Morgan fingerprint density at radius 2 is 1.75 bits per heavy atom. The molecule has 0 amide bonds. The van der Waals surface area contributed by atoms with Gasteiger partial charge in [0, 0.05) is 5.56 Å². The minimum absolute atomic E-state index is 0.00254. The fourth-order valence-corrected chi connectivity index (χ4v) is 2.82. The highest BCUT2D eigenvalue weighted by Crippen LogP contribution is 2.28. The molecule has 1 aliphatic rings. The predicted molar refractivity (Wildman–Crippen MR) is 82.1 cm³/mol.